The second kappa shape index (κ2) is 3.96. The van der Waals surface area contributed by atoms with Gasteiger partial charge in [-0.1, -0.05) is 0 Å². The highest BCUT2D eigenvalue weighted by atomic mass is 16.2. The summed E-state index contributed by atoms with van der Waals surface area (Å²) in [6, 6.07) is -0.484. The fourth-order valence-corrected chi connectivity index (χ4v) is 1.29. The Kier molecular flexibility index (Phi) is 3.10. The zero-order chi connectivity index (χ0) is 10.9. The monoisotopic (exact) mass is 199 g/mol. The predicted molar refractivity (Wildman–Crippen MR) is 52.4 cm³/mol. The van der Waals surface area contributed by atoms with Crippen molar-refractivity contribution in [1.29, 1.82) is 0 Å². The number of nitrogens with zero attached hydrogens (tertiary/aromatic N) is 1. The number of hydrogen-bond acceptors (Lipinski definition) is 3. The third kappa shape index (κ3) is 2.45. The Balaban J connectivity index is 2.37. The van der Waals surface area contributed by atoms with Crippen LogP contribution in [0.2, 0.25) is 0 Å². The third-order valence-electron chi connectivity index (χ3n) is 2.35. The van der Waals surface area contributed by atoms with Gasteiger partial charge in [0.2, 0.25) is 11.8 Å². The molecule has 0 aromatic rings. The van der Waals surface area contributed by atoms with Gasteiger partial charge >= 0.3 is 0 Å². The van der Waals surface area contributed by atoms with Crippen molar-refractivity contribution in [3.8, 4) is 0 Å². The van der Waals surface area contributed by atoms with Gasteiger partial charge < -0.3 is 16.0 Å². The molecule has 5 nitrogen and oxygen atoms in total. The van der Waals surface area contributed by atoms with E-state index < -0.39 is 6.04 Å². The van der Waals surface area contributed by atoms with Crippen LogP contribution in [0.5, 0.6) is 0 Å². The molecule has 5 heteroatoms. The lowest BCUT2D eigenvalue weighted by Crippen LogP contribution is -2.45. The highest BCUT2D eigenvalue weighted by Crippen LogP contribution is 2.27. The number of rotatable bonds is 3. The Morgan fingerprint density at radius 3 is 2.36 bits per heavy atom. The minimum Gasteiger partial charge on any atom is -0.347 e. The van der Waals surface area contributed by atoms with E-state index in [9.17, 15) is 9.59 Å². The van der Waals surface area contributed by atoms with Crippen LogP contribution in [0.4, 0.5) is 0 Å². The van der Waals surface area contributed by atoms with Crippen LogP contribution in [0.25, 0.3) is 0 Å². The number of nitrogens with two attached hydrogens (primary N) is 1. The van der Waals surface area contributed by atoms with Crippen LogP contribution >= 0.6 is 0 Å². The molecule has 0 aromatic heterocycles. The van der Waals surface area contributed by atoms with Gasteiger partial charge in [0.1, 0.15) is 6.04 Å². The summed E-state index contributed by atoms with van der Waals surface area (Å²) < 4.78 is 0. The van der Waals surface area contributed by atoms with Gasteiger partial charge in [0.25, 0.3) is 0 Å². The first kappa shape index (κ1) is 11.0. The van der Waals surface area contributed by atoms with Crippen LogP contribution in [0.15, 0.2) is 0 Å². The summed E-state index contributed by atoms with van der Waals surface area (Å²) in [4.78, 5) is 24.2. The van der Waals surface area contributed by atoms with Crippen LogP contribution in [-0.2, 0) is 9.59 Å². The molecular formula is C9H17N3O2. The normalized spacial score (nSPS) is 26.6. The molecular weight excluding hydrogens is 182 g/mol. The van der Waals surface area contributed by atoms with Gasteiger partial charge in [0, 0.05) is 20.1 Å². The molecule has 2 amide bonds. The topological polar surface area (TPSA) is 75.4 Å². The molecule has 1 aliphatic carbocycles. The van der Waals surface area contributed by atoms with E-state index in [0.717, 1.165) is 6.42 Å². The molecule has 80 valence electrons. The molecule has 1 saturated carbocycles. The number of carbonyl (C=O) groups is 2. The number of hydrogen-bond donors (Lipinski definition) is 2. The van der Waals surface area contributed by atoms with Crippen LogP contribution < -0.4 is 11.1 Å². The summed E-state index contributed by atoms with van der Waals surface area (Å²) in [7, 11) is 3.32. The molecule has 0 spiro atoms. The average Bonchev–Trinajstić information content (AvgIpc) is 2.80. The molecule has 1 fully saturated rings. The van der Waals surface area contributed by atoms with Crippen LogP contribution in [-0.4, -0.2) is 42.9 Å². The maximum Gasteiger partial charge on any atom is 0.244 e. The summed E-state index contributed by atoms with van der Waals surface area (Å²) >= 11 is 0. The van der Waals surface area contributed by atoms with E-state index in [-0.39, 0.29) is 23.8 Å². The molecule has 0 saturated heterocycles. The van der Waals surface area contributed by atoms with E-state index in [1.54, 1.807) is 21.0 Å². The maximum atomic E-state index is 11.4. The molecule has 14 heavy (non-hydrogen) atoms. The van der Waals surface area contributed by atoms with Crippen molar-refractivity contribution in [3.63, 3.8) is 0 Å². The highest BCUT2D eigenvalue weighted by molar-refractivity contribution is 5.89. The Morgan fingerprint density at radius 2 is 2.00 bits per heavy atom. The molecule has 1 rings (SSSR count). The Hall–Kier alpha value is -1.10. The molecule has 3 N–H and O–H groups in total. The van der Waals surface area contributed by atoms with Crippen LogP contribution in [0, 0.1) is 5.92 Å². The molecule has 0 heterocycles. The zero-order valence-electron chi connectivity index (χ0n) is 8.78. The van der Waals surface area contributed by atoms with Gasteiger partial charge in [-0.3, -0.25) is 9.59 Å². The van der Waals surface area contributed by atoms with Crippen molar-refractivity contribution in [2.45, 2.75) is 25.4 Å². The van der Waals surface area contributed by atoms with Crippen molar-refractivity contribution >= 4 is 11.8 Å². The van der Waals surface area contributed by atoms with E-state index in [1.807, 2.05) is 0 Å². The van der Waals surface area contributed by atoms with Gasteiger partial charge in [-0.25, -0.2) is 0 Å². The first-order chi connectivity index (χ1) is 6.43. The lowest BCUT2D eigenvalue weighted by Gasteiger charge is -2.17. The molecule has 0 aromatic carbocycles. The number of carbonyl (C=O) groups excluding carboxylic acids is 2. The maximum absolute atomic E-state index is 11.4. The van der Waals surface area contributed by atoms with Crippen LogP contribution in [0.1, 0.15) is 13.3 Å². The fourth-order valence-electron chi connectivity index (χ4n) is 1.29. The Morgan fingerprint density at radius 1 is 1.50 bits per heavy atom. The lowest BCUT2D eigenvalue weighted by molar-refractivity contribution is -0.134. The second-order valence-electron chi connectivity index (χ2n) is 3.97. The smallest absolute Gasteiger partial charge is 0.244 e. The first-order valence-electron chi connectivity index (χ1n) is 4.70. The molecule has 3 atom stereocenters. The minimum atomic E-state index is -0.467. The number of amides is 2. The number of likely N-dealkylation sites (N-methyl/N-ethyl adjacent to an activating group) is 1. The quantitative estimate of drug-likeness (QED) is 0.607. The van der Waals surface area contributed by atoms with Gasteiger partial charge in [-0.15, -0.1) is 0 Å². The van der Waals surface area contributed by atoms with Crippen molar-refractivity contribution in [2.24, 2.45) is 11.7 Å². The van der Waals surface area contributed by atoms with Crippen LogP contribution in [0.3, 0.4) is 0 Å². The Bertz CT molecular complexity index is 252. The van der Waals surface area contributed by atoms with Crippen molar-refractivity contribution < 1.29 is 9.59 Å². The van der Waals surface area contributed by atoms with Crippen molar-refractivity contribution in [3.05, 3.63) is 0 Å². The fraction of sp³-hybridized carbons (Fsp3) is 0.778. The van der Waals surface area contributed by atoms with E-state index in [0.29, 0.717) is 0 Å². The largest absolute Gasteiger partial charge is 0.347 e. The van der Waals surface area contributed by atoms with E-state index in [2.05, 4.69) is 5.32 Å². The second-order valence-corrected chi connectivity index (χ2v) is 3.97. The molecule has 0 bridgehead atoms. The summed E-state index contributed by atoms with van der Waals surface area (Å²) in [5.74, 6) is -0.305. The van der Waals surface area contributed by atoms with E-state index in [4.69, 9.17) is 5.73 Å². The summed E-state index contributed by atoms with van der Waals surface area (Å²) in [6.45, 7) is 1.67. The summed E-state index contributed by atoms with van der Waals surface area (Å²) in [6.07, 6.45) is 0.731. The number of nitrogens with one attached hydrogen (secondary N) is 1. The SMILES string of the molecule is CC(NC(=O)C1CC1N)C(=O)N(C)C. The first-order valence-corrected chi connectivity index (χ1v) is 4.70. The van der Waals surface area contributed by atoms with Gasteiger partial charge in [-0.2, -0.15) is 0 Å². The third-order valence-corrected chi connectivity index (χ3v) is 2.35. The standard InChI is InChI=1S/C9H17N3O2/c1-5(9(14)12(2)3)11-8(13)6-4-7(6)10/h5-7H,4,10H2,1-3H3,(H,11,13). The van der Waals surface area contributed by atoms with E-state index in [1.165, 1.54) is 4.90 Å². The predicted octanol–water partition coefficient (Wildman–Crippen LogP) is -1.07. The molecule has 0 radical (unpaired) electrons. The molecule has 1 aliphatic rings. The van der Waals surface area contributed by atoms with Crippen molar-refractivity contribution in [2.75, 3.05) is 14.1 Å². The molecule has 0 aliphatic heterocycles. The summed E-state index contributed by atoms with van der Waals surface area (Å²) in [5, 5.41) is 2.64. The van der Waals surface area contributed by atoms with Crippen molar-refractivity contribution in [1.82, 2.24) is 10.2 Å². The van der Waals surface area contributed by atoms with Gasteiger partial charge in [0.15, 0.2) is 0 Å². The Labute approximate surface area is 83.6 Å². The zero-order valence-corrected chi connectivity index (χ0v) is 8.78. The lowest BCUT2D eigenvalue weighted by atomic mass is 10.2. The average molecular weight is 199 g/mol. The van der Waals surface area contributed by atoms with Gasteiger partial charge in [0.05, 0.1) is 5.92 Å². The minimum absolute atomic E-state index is 0.0170. The highest BCUT2D eigenvalue weighted by Gasteiger charge is 2.40. The van der Waals surface area contributed by atoms with E-state index >= 15 is 0 Å². The molecule has 3 unspecified atom stereocenters. The van der Waals surface area contributed by atoms with Gasteiger partial charge in [-0.05, 0) is 13.3 Å². The summed E-state index contributed by atoms with van der Waals surface area (Å²) in [5.41, 5.74) is 5.52.